The van der Waals surface area contributed by atoms with Crippen LogP contribution in [0.15, 0.2) is 54.9 Å². The minimum absolute atomic E-state index is 0. The number of ketones is 1. The summed E-state index contributed by atoms with van der Waals surface area (Å²) >= 11 is 5.86. The van der Waals surface area contributed by atoms with Crippen LogP contribution in [-0.4, -0.2) is 12.9 Å². The highest BCUT2D eigenvalue weighted by atomic mass is 35.5. The Kier molecular flexibility index (Phi) is 6.22. The third-order valence-electron chi connectivity index (χ3n) is 2.56. The topological polar surface area (TPSA) is 30.2 Å². The zero-order valence-electron chi connectivity index (χ0n) is 10.8. The molecule has 1 aromatic carbocycles. The van der Waals surface area contributed by atoms with E-state index in [1.54, 1.807) is 54.4 Å². The molecule has 0 fully saturated rings. The van der Waals surface area contributed by atoms with Gasteiger partial charge >= 0.3 is 0 Å². The molecule has 0 saturated carbocycles. The maximum atomic E-state index is 11.9. The number of hydrogen-bond acceptors (Lipinski definition) is 2. The molecule has 104 valence electrons. The SMILES string of the molecule is COc1ccc(C(=O)/C=C/[n+]2cccc(Cl)c2)cc1.[Cl-]. The predicted molar refractivity (Wildman–Crippen MR) is 74.3 cm³/mol. The highest BCUT2D eigenvalue weighted by Gasteiger charge is 2.04. The van der Waals surface area contributed by atoms with Gasteiger partial charge in [-0.1, -0.05) is 11.6 Å². The monoisotopic (exact) mass is 309 g/mol. The van der Waals surface area contributed by atoms with E-state index in [2.05, 4.69) is 0 Å². The van der Waals surface area contributed by atoms with Gasteiger partial charge in [-0.15, -0.1) is 0 Å². The molecule has 0 aliphatic rings. The molecule has 5 heteroatoms. The van der Waals surface area contributed by atoms with Gasteiger partial charge in [0.2, 0.25) is 0 Å². The molecular formula is C15H13Cl2NO2. The second kappa shape index (κ2) is 7.68. The van der Waals surface area contributed by atoms with Gasteiger partial charge in [0.25, 0.3) is 0 Å². The number of methoxy groups -OCH3 is 1. The van der Waals surface area contributed by atoms with Crippen molar-refractivity contribution >= 4 is 23.6 Å². The average molecular weight is 310 g/mol. The summed E-state index contributed by atoms with van der Waals surface area (Å²) in [5, 5.41) is 0.615. The minimum atomic E-state index is -0.0740. The largest absolute Gasteiger partial charge is 1.00 e. The van der Waals surface area contributed by atoms with Crippen LogP contribution in [0.25, 0.3) is 6.20 Å². The van der Waals surface area contributed by atoms with Crippen molar-refractivity contribution in [3.8, 4) is 5.75 Å². The molecule has 0 amide bonds. The van der Waals surface area contributed by atoms with Crippen LogP contribution >= 0.6 is 11.6 Å². The number of allylic oxidation sites excluding steroid dienone is 1. The van der Waals surface area contributed by atoms with Crippen LogP contribution < -0.4 is 21.7 Å². The number of carbonyl (C=O) groups excluding carboxylic acids is 1. The lowest BCUT2D eigenvalue weighted by molar-refractivity contribution is -0.568. The van der Waals surface area contributed by atoms with Gasteiger partial charge in [0, 0.05) is 11.6 Å². The average Bonchev–Trinajstić information content (AvgIpc) is 2.45. The van der Waals surface area contributed by atoms with Crippen molar-refractivity contribution in [3.05, 3.63) is 65.5 Å². The predicted octanol–water partition coefficient (Wildman–Crippen LogP) is -0.00630. The van der Waals surface area contributed by atoms with E-state index in [0.717, 1.165) is 5.75 Å². The Morgan fingerprint density at radius 2 is 1.95 bits per heavy atom. The third kappa shape index (κ3) is 4.37. The Morgan fingerprint density at radius 3 is 2.55 bits per heavy atom. The summed E-state index contributed by atoms with van der Waals surface area (Å²) in [6.07, 6.45) is 6.69. The van der Waals surface area contributed by atoms with Crippen LogP contribution in [0, 0.1) is 0 Å². The normalized spacial score (nSPS) is 10.1. The smallest absolute Gasteiger partial charge is 0.193 e. The van der Waals surface area contributed by atoms with E-state index >= 15 is 0 Å². The number of aromatic nitrogens is 1. The Labute approximate surface area is 128 Å². The molecule has 0 unspecified atom stereocenters. The fourth-order valence-electron chi connectivity index (χ4n) is 1.56. The van der Waals surface area contributed by atoms with Crippen LogP contribution in [0.4, 0.5) is 0 Å². The van der Waals surface area contributed by atoms with Crippen LogP contribution in [0.3, 0.4) is 0 Å². The standard InChI is InChI=1S/C15H13ClNO2.ClH/c1-19-14-6-4-12(5-7-14)15(18)8-10-17-9-2-3-13(16)11-17;/h2-11H,1H3;1H/q+1;/p-1/b10-8+;. The number of pyridine rings is 1. The third-order valence-corrected chi connectivity index (χ3v) is 2.78. The maximum absolute atomic E-state index is 11.9. The molecule has 0 radical (unpaired) electrons. The molecule has 0 N–H and O–H groups in total. The van der Waals surface area contributed by atoms with E-state index in [4.69, 9.17) is 16.3 Å². The molecule has 0 bridgehead atoms. The molecule has 0 saturated heterocycles. The van der Waals surface area contributed by atoms with Crippen molar-refractivity contribution in [1.82, 2.24) is 0 Å². The first-order chi connectivity index (χ1) is 9.19. The zero-order valence-corrected chi connectivity index (χ0v) is 12.3. The molecule has 2 rings (SSSR count). The molecule has 1 aromatic heterocycles. The van der Waals surface area contributed by atoms with Gasteiger partial charge in [-0.25, -0.2) is 0 Å². The van der Waals surface area contributed by atoms with E-state index in [9.17, 15) is 4.79 Å². The quantitative estimate of drug-likeness (QED) is 0.452. The van der Waals surface area contributed by atoms with E-state index < -0.39 is 0 Å². The van der Waals surface area contributed by atoms with Gasteiger partial charge in [0.15, 0.2) is 24.4 Å². The van der Waals surface area contributed by atoms with Crippen LogP contribution in [0.1, 0.15) is 10.4 Å². The fraction of sp³-hybridized carbons (Fsp3) is 0.0667. The van der Waals surface area contributed by atoms with Crippen molar-refractivity contribution in [3.63, 3.8) is 0 Å². The molecule has 0 spiro atoms. The van der Waals surface area contributed by atoms with Crippen LogP contribution in [0.2, 0.25) is 5.02 Å². The first-order valence-corrected chi connectivity index (χ1v) is 6.10. The Morgan fingerprint density at radius 1 is 1.25 bits per heavy atom. The summed E-state index contributed by atoms with van der Waals surface area (Å²) in [5.74, 6) is 0.653. The number of hydrogen-bond donors (Lipinski definition) is 0. The van der Waals surface area contributed by atoms with Gasteiger partial charge in [-0.05, 0) is 30.3 Å². The molecular weight excluding hydrogens is 297 g/mol. The maximum Gasteiger partial charge on any atom is 0.193 e. The Balaban J connectivity index is 0.00000200. The second-order valence-corrected chi connectivity index (χ2v) is 4.31. The number of halogens is 2. The number of rotatable bonds is 4. The summed E-state index contributed by atoms with van der Waals surface area (Å²) in [5.41, 5.74) is 0.611. The lowest BCUT2D eigenvalue weighted by Crippen LogP contribution is -3.00. The molecule has 20 heavy (non-hydrogen) atoms. The highest BCUT2D eigenvalue weighted by Crippen LogP contribution is 2.12. The lowest BCUT2D eigenvalue weighted by Gasteiger charge is -1.99. The number of ether oxygens (including phenoxy) is 1. The van der Waals surface area contributed by atoms with Gasteiger partial charge in [-0.2, -0.15) is 4.57 Å². The number of benzene rings is 1. The van der Waals surface area contributed by atoms with Gasteiger partial charge < -0.3 is 17.1 Å². The van der Waals surface area contributed by atoms with Gasteiger partial charge in [0.05, 0.1) is 13.2 Å². The van der Waals surface area contributed by atoms with Gasteiger partial charge in [-0.3, -0.25) is 4.79 Å². The summed E-state index contributed by atoms with van der Waals surface area (Å²) in [4.78, 5) is 11.9. The number of nitrogens with zero attached hydrogens (tertiary/aromatic N) is 1. The molecule has 2 aromatic rings. The molecule has 0 atom stereocenters. The van der Waals surface area contributed by atoms with E-state index in [1.807, 2.05) is 12.3 Å². The lowest BCUT2D eigenvalue weighted by atomic mass is 10.1. The van der Waals surface area contributed by atoms with Crippen molar-refractivity contribution in [1.29, 1.82) is 0 Å². The van der Waals surface area contributed by atoms with E-state index in [0.29, 0.717) is 10.6 Å². The Hall–Kier alpha value is -1.84. The summed E-state index contributed by atoms with van der Waals surface area (Å²) < 4.78 is 6.77. The van der Waals surface area contributed by atoms with E-state index in [1.165, 1.54) is 6.08 Å². The number of carbonyl (C=O) groups is 1. The van der Waals surface area contributed by atoms with Crippen molar-refractivity contribution in [2.75, 3.05) is 7.11 Å². The zero-order chi connectivity index (χ0) is 13.7. The summed E-state index contributed by atoms with van der Waals surface area (Å²) in [6.45, 7) is 0. The molecule has 0 aliphatic carbocycles. The van der Waals surface area contributed by atoms with Crippen molar-refractivity contribution in [2.45, 2.75) is 0 Å². The molecule has 1 heterocycles. The van der Waals surface area contributed by atoms with Crippen molar-refractivity contribution in [2.24, 2.45) is 0 Å². The van der Waals surface area contributed by atoms with Gasteiger partial charge in [0.1, 0.15) is 10.8 Å². The van der Waals surface area contributed by atoms with Crippen LogP contribution in [-0.2, 0) is 0 Å². The minimum Gasteiger partial charge on any atom is -1.00 e. The molecule has 3 nitrogen and oxygen atoms in total. The van der Waals surface area contributed by atoms with Crippen molar-refractivity contribution < 1.29 is 26.5 Å². The highest BCUT2D eigenvalue weighted by molar-refractivity contribution is 6.30. The first-order valence-electron chi connectivity index (χ1n) is 5.72. The summed E-state index contributed by atoms with van der Waals surface area (Å²) in [6, 6.07) is 10.6. The summed E-state index contributed by atoms with van der Waals surface area (Å²) in [7, 11) is 1.59. The molecule has 0 aliphatic heterocycles. The second-order valence-electron chi connectivity index (χ2n) is 3.88. The Bertz CT molecular complexity index is 610. The fourth-order valence-corrected chi connectivity index (χ4v) is 1.75. The van der Waals surface area contributed by atoms with E-state index in [-0.39, 0.29) is 18.2 Å². The van der Waals surface area contributed by atoms with Crippen LogP contribution in [0.5, 0.6) is 5.75 Å². The first kappa shape index (κ1) is 16.2.